The fraction of sp³-hybridized carbons (Fsp3) is 0.500. The molecule has 0 aromatic carbocycles. The van der Waals surface area contributed by atoms with Crippen LogP contribution < -0.4 is 4.72 Å². The third-order valence-electron chi connectivity index (χ3n) is 0.916. The monoisotopic (exact) mass is 195 g/mol. The number of allylic oxidation sites excluding steroid dienone is 1. The van der Waals surface area contributed by atoms with Crippen LogP contribution in [0, 0.1) is 0 Å². The number of carbonyl (C=O) groups excluding carboxylic acids is 1. The number of rotatable bonds is 2. The topological polar surface area (TPSA) is 63.2 Å². The lowest BCUT2D eigenvalue weighted by molar-refractivity contribution is -0.117. The first-order valence-electron chi connectivity index (χ1n) is 3.09. The van der Waals surface area contributed by atoms with Crippen molar-refractivity contribution in [3.8, 4) is 0 Å². The fourth-order valence-electron chi connectivity index (χ4n) is 0.440. The molecule has 0 spiro atoms. The van der Waals surface area contributed by atoms with E-state index in [0.29, 0.717) is 0 Å². The molecule has 0 saturated carbocycles. The van der Waals surface area contributed by atoms with Crippen LogP contribution in [0.25, 0.3) is 0 Å². The summed E-state index contributed by atoms with van der Waals surface area (Å²) in [7, 11) is -3.68. The van der Waals surface area contributed by atoms with Gasteiger partial charge in [0.05, 0.1) is 6.26 Å². The van der Waals surface area contributed by atoms with Gasteiger partial charge in [-0.2, -0.15) is 0 Å². The van der Waals surface area contributed by atoms with Gasteiger partial charge in [-0.3, -0.25) is 4.79 Å². The molecule has 1 amide bonds. The van der Waals surface area contributed by atoms with E-state index >= 15 is 0 Å². The van der Waals surface area contributed by atoms with Gasteiger partial charge in [-0.25, -0.2) is 17.5 Å². The molecule has 6 heteroatoms. The first-order valence-corrected chi connectivity index (χ1v) is 4.98. The summed E-state index contributed by atoms with van der Waals surface area (Å²) in [5.41, 5.74) is 0.135. The molecule has 0 unspecified atom stereocenters. The molecule has 0 rings (SSSR count). The van der Waals surface area contributed by atoms with E-state index in [1.54, 1.807) is 0 Å². The predicted molar refractivity (Wildman–Crippen MR) is 42.5 cm³/mol. The first kappa shape index (κ1) is 11.1. The van der Waals surface area contributed by atoms with Gasteiger partial charge >= 0.3 is 0 Å². The Bertz CT molecular complexity index is 314. The maximum Gasteiger partial charge on any atom is 0.293 e. The van der Waals surface area contributed by atoms with E-state index in [2.05, 4.69) is 0 Å². The summed E-state index contributed by atoms with van der Waals surface area (Å²) in [6.45, 7) is 2.74. The minimum Gasteiger partial charge on any atom is -0.266 e. The molecule has 0 radical (unpaired) electrons. The number of carbonyl (C=O) groups is 1. The molecule has 0 heterocycles. The van der Waals surface area contributed by atoms with Crippen LogP contribution in [0.3, 0.4) is 0 Å². The highest BCUT2D eigenvalue weighted by Gasteiger charge is 2.14. The number of amides is 1. The zero-order valence-electron chi connectivity index (χ0n) is 7.01. The van der Waals surface area contributed by atoms with Crippen molar-refractivity contribution >= 4 is 15.9 Å². The SMILES string of the molecule is CC(C)=C(F)C(=O)NS(C)(=O)=O. The van der Waals surface area contributed by atoms with E-state index in [0.717, 1.165) is 6.26 Å². The molecule has 0 aromatic rings. The van der Waals surface area contributed by atoms with Crippen LogP contribution >= 0.6 is 0 Å². The van der Waals surface area contributed by atoms with Gasteiger partial charge in [-0.05, 0) is 19.4 Å². The number of nitrogens with one attached hydrogen (secondary N) is 1. The van der Waals surface area contributed by atoms with Gasteiger partial charge in [0, 0.05) is 0 Å². The normalized spacial score (nSPS) is 10.7. The molecule has 70 valence electrons. The summed E-state index contributed by atoms with van der Waals surface area (Å²) in [6, 6.07) is 0. The molecule has 0 aliphatic carbocycles. The Kier molecular flexibility index (Phi) is 3.38. The Morgan fingerprint density at radius 1 is 1.33 bits per heavy atom. The molecule has 0 atom stereocenters. The van der Waals surface area contributed by atoms with Crippen molar-refractivity contribution in [2.24, 2.45) is 0 Å². The summed E-state index contributed by atoms with van der Waals surface area (Å²) in [4.78, 5) is 10.7. The van der Waals surface area contributed by atoms with E-state index in [4.69, 9.17) is 0 Å². The smallest absolute Gasteiger partial charge is 0.266 e. The lowest BCUT2D eigenvalue weighted by Gasteiger charge is -2.00. The van der Waals surface area contributed by atoms with Crippen LogP contribution in [0.4, 0.5) is 4.39 Å². The highest BCUT2D eigenvalue weighted by atomic mass is 32.2. The lowest BCUT2D eigenvalue weighted by atomic mass is 10.3. The minimum atomic E-state index is -3.68. The molecule has 0 aliphatic heterocycles. The van der Waals surface area contributed by atoms with Crippen molar-refractivity contribution in [2.45, 2.75) is 13.8 Å². The Morgan fingerprint density at radius 2 is 1.75 bits per heavy atom. The second kappa shape index (κ2) is 3.66. The standard InChI is InChI=1S/C6H10FNO3S/c1-4(2)5(7)6(9)8-12(3,10)11/h1-3H3,(H,8,9). The molecule has 4 nitrogen and oxygen atoms in total. The fourth-order valence-corrected chi connectivity index (χ4v) is 0.867. The van der Waals surface area contributed by atoms with E-state index in [1.807, 2.05) is 0 Å². The van der Waals surface area contributed by atoms with Crippen LogP contribution in [0.15, 0.2) is 11.4 Å². The van der Waals surface area contributed by atoms with Gasteiger partial charge in [0.2, 0.25) is 10.0 Å². The molecule has 0 aromatic heterocycles. The van der Waals surface area contributed by atoms with Gasteiger partial charge < -0.3 is 0 Å². The van der Waals surface area contributed by atoms with E-state index in [1.165, 1.54) is 18.6 Å². The van der Waals surface area contributed by atoms with Gasteiger partial charge in [-0.1, -0.05) is 0 Å². The first-order chi connectivity index (χ1) is 5.24. The second-order valence-electron chi connectivity index (χ2n) is 2.52. The van der Waals surface area contributed by atoms with Gasteiger partial charge in [0.25, 0.3) is 5.91 Å². The van der Waals surface area contributed by atoms with Crippen molar-refractivity contribution in [3.05, 3.63) is 11.4 Å². The van der Waals surface area contributed by atoms with Crippen molar-refractivity contribution in [1.29, 1.82) is 0 Å². The Morgan fingerprint density at radius 3 is 2.00 bits per heavy atom. The minimum absolute atomic E-state index is 0.135. The van der Waals surface area contributed by atoms with E-state index in [9.17, 15) is 17.6 Å². The third-order valence-corrected chi connectivity index (χ3v) is 1.47. The molecular formula is C6H10FNO3S. The quantitative estimate of drug-likeness (QED) is 0.645. The maximum atomic E-state index is 12.7. The van der Waals surface area contributed by atoms with Crippen LogP contribution in [0.1, 0.15) is 13.8 Å². The molecule has 0 fully saturated rings. The lowest BCUT2D eigenvalue weighted by Crippen LogP contribution is -2.29. The molecule has 0 bridgehead atoms. The third kappa shape index (κ3) is 4.07. The largest absolute Gasteiger partial charge is 0.293 e. The highest BCUT2D eigenvalue weighted by molar-refractivity contribution is 7.89. The Hall–Kier alpha value is -0.910. The summed E-state index contributed by atoms with van der Waals surface area (Å²) in [5.74, 6) is -2.29. The van der Waals surface area contributed by atoms with E-state index in [-0.39, 0.29) is 5.57 Å². The van der Waals surface area contributed by atoms with Crippen molar-refractivity contribution in [2.75, 3.05) is 6.26 Å². The average Bonchev–Trinajstić information content (AvgIpc) is 1.82. The molecule has 12 heavy (non-hydrogen) atoms. The van der Waals surface area contributed by atoms with Gasteiger partial charge in [0.1, 0.15) is 0 Å². The molecular weight excluding hydrogens is 185 g/mol. The average molecular weight is 195 g/mol. The van der Waals surface area contributed by atoms with Gasteiger partial charge in [-0.15, -0.1) is 0 Å². The number of sulfonamides is 1. The van der Waals surface area contributed by atoms with Gasteiger partial charge in [0.15, 0.2) is 5.83 Å². The maximum absolute atomic E-state index is 12.7. The Balaban J connectivity index is 4.58. The van der Waals surface area contributed by atoms with Crippen molar-refractivity contribution in [3.63, 3.8) is 0 Å². The molecule has 0 saturated heterocycles. The van der Waals surface area contributed by atoms with Crippen LogP contribution in [-0.4, -0.2) is 20.6 Å². The predicted octanol–water partition coefficient (Wildman–Crippen LogP) is 0.326. The van der Waals surface area contributed by atoms with Crippen LogP contribution in [0.5, 0.6) is 0 Å². The van der Waals surface area contributed by atoms with Crippen molar-refractivity contribution < 1.29 is 17.6 Å². The van der Waals surface area contributed by atoms with Crippen LogP contribution in [0.2, 0.25) is 0 Å². The Labute approximate surface area is 70.5 Å². The van der Waals surface area contributed by atoms with Crippen LogP contribution in [-0.2, 0) is 14.8 Å². The summed E-state index contributed by atoms with van der Waals surface area (Å²) < 4.78 is 35.0. The summed E-state index contributed by atoms with van der Waals surface area (Å²) in [6.07, 6.45) is 0.781. The molecule has 1 N–H and O–H groups in total. The molecule has 0 aliphatic rings. The zero-order chi connectivity index (χ0) is 9.94. The zero-order valence-corrected chi connectivity index (χ0v) is 7.83. The number of halogens is 1. The summed E-state index contributed by atoms with van der Waals surface area (Å²) >= 11 is 0. The summed E-state index contributed by atoms with van der Waals surface area (Å²) in [5, 5.41) is 0. The number of hydrogen-bond acceptors (Lipinski definition) is 3. The second-order valence-corrected chi connectivity index (χ2v) is 4.27. The van der Waals surface area contributed by atoms with E-state index < -0.39 is 21.8 Å². The van der Waals surface area contributed by atoms with Crippen molar-refractivity contribution in [1.82, 2.24) is 4.72 Å². The highest BCUT2D eigenvalue weighted by Crippen LogP contribution is 2.04. The number of hydrogen-bond donors (Lipinski definition) is 1.